The molecular weight excluding hydrogens is 220 g/mol. The first-order valence-corrected chi connectivity index (χ1v) is 6.20. The Labute approximate surface area is 100 Å². The molecule has 1 aromatic carbocycles. The highest BCUT2D eigenvalue weighted by molar-refractivity contribution is 8.14. The van der Waals surface area contributed by atoms with Crippen LogP contribution >= 0.6 is 11.8 Å². The van der Waals surface area contributed by atoms with Gasteiger partial charge in [-0.05, 0) is 29.0 Å². The van der Waals surface area contributed by atoms with Crippen LogP contribution in [0.1, 0.15) is 18.1 Å². The molecule has 4 nitrogen and oxygen atoms in total. The molecule has 0 saturated carbocycles. The lowest BCUT2D eigenvalue weighted by Crippen LogP contribution is -2.10. The number of benzene rings is 1. The van der Waals surface area contributed by atoms with Gasteiger partial charge in [-0.3, -0.25) is 5.41 Å². The second-order valence-corrected chi connectivity index (χ2v) is 4.55. The standard InChI is InChI=1S/C11H18N4S/c1-2-16-11(14)15-10-4-3-8(6-12)9(5-10)7-13/h3-5H,2,6-7,12-13H2,1H3,(H2,14,15). The highest BCUT2D eigenvalue weighted by Gasteiger charge is 2.02. The minimum absolute atomic E-state index is 0.450. The van der Waals surface area contributed by atoms with Gasteiger partial charge < -0.3 is 16.8 Å². The Hall–Kier alpha value is -1.04. The number of hydrogen-bond acceptors (Lipinski definition) is 4. The predicted octanol–water partition coefficient (Wildman–Crippen LogP) is 1.70. The van der Waals surface area contributed by atoms with Crippen molar-refractivity contribution in [2.75, 3.05) is 11.1 Å². The van der Waals surface area contributed by atoms with Crippen molar-refractivity contribution in [3.8, 4) is 0 Å². The summed E-state index contributed by atoms with van der Waals surface area (Å²) in [6.45, 7) is 2.98. The molecule has 0 fully saturated rings. The van der Waals surface area contributed by atoms with Gasteiger partial charge in [-0.25, -0.2) is 0 Å². The van der Waals surface area contributed by atoms with Crippen molar-refractivity contribution >= 4 is 22.6 Å². The van der Waals surface area contributed by atoms with E-state index in [1.54, 1.807) is 0 Å². The summed E-state index contributed by atoms with van der Waals surface area (Å²) in [6.07, 6.45) is 0. The van der Waals surface area contributed by atoms with E-state index in [2.05, 4.69) is 5.32 Å². The van der Waals surface area contributed by atoms with E-state index in [-0.39, 0.29) is 0 Å². The van der Waals surface area contributed by atoms with Crippen LogP contribution in [0.2, 0.25) is 0 Å². The van der Waals surface area contributed by atoms with Gasteiger partial charge in [-0.2, -0.15) is 0 Å². The summed E-state index contributed by atoms with van der Waals surface area (Å²) in [7, 11) is 0. The van der Waals surface area contributed by atoms with Crippen molar-refractivity contribution in [1.29, 1.82) is 5.41 Å². The van der Waals surface area contributed by atoms with E-state index in [4.69, 9.17) is 16.9 Å². The molecule has 88 valence electrons. The van der Waals surface area contributed by atoms with Gasteiger partial charge in [0.15, 0.2) is 5.17 Å². The highest BCUT2D eigenvalue weighted by atomic mass is 32.2. The molecule has 1 rings (SSSR count). The van der Waals surface area contributed by atoms with E-state index < -0.39 is 0 Å². The van der Waals surface area contributed by atoms with Gasteiger partial charge in [0.25, 0.3) is 0 Å². The Morgan fingerprint density at radius 2 is 2.00 bits per heavy atom. The molecule has 1 aromatic rings. The summed E-state index contributed by atoms with van der Waals surface area (Å²) in [4.78, 5) is 0. The molecule has 0 aromatic heterocycles. The zero-order valence-corrected chi connectivity index (χ0v) is 10.2. The van der Waals surface area contributed by atoms with Gasteiger partial charge in [-0.15, -0.1) is 0 Å². The van der Waals surface area contributed by atoms with Gasteiger partial charge in [0, 0.05) is 18.8 Å². The first kappa shape index (κ1) is 13.0. The van der Waals surface area contributed by atoms with Crippen LogP contribution in [0, 0.1) is 5.41 Å². The lowest BCUT2D eigenvalue weighted by molar-refractivity contribution is 0.980. The van der Waals surface area contributed by atoms with Crippen LogP contribution in [0.4, 0.5) is 5.69 Å². The average Bonchev–Trinajstić information content (AvgIpc) is 2.29. The summed E-state index contributed by atoms with van der Waals surface area (Å²) >= 11 is 1.47. The molecule has 0 atom stereocenters. The summed E-state index contributed by atoms with van der Waals surface area (Å²) in [5, 5.41) is 11.1. The summed E-state index contributed by atoms with van der Waals surface area (Å²) in [6, 6.07) is 5.83. The maximum Gasteiger partial charge on any atom is 0.158 e. The third-order valence-electron chi connectivity index (χ3n) is 2.19. The largest absolute Gasteiger partial charge is 0.335 e. The molecular formula is C11H18N4S. The third-order valence-corrected chi connectivity index (χ3v) is 2.87. The molecule has 0 radical (unpaired) electrons. The van der Waals surface area contributed by atoms with E-state index in [1.165, 1.54) is 11.8 Å². The number of rotatable bonds is 4. The molecule has 6 N–H and O–H groups in total. The van der Waals surface area contributed by atoms with Crippen molar-refractivity contribution in [1.82, 2.24) is 0 Å². The molecule has 0 aliphatic rings. The smallest absolute Gasteiger partial charge is 0.158 e. The van der Waals surface area contributed by atoms with Crippen LogP contribution in [0.15, 0.2) is 18.2 Å². The fraction of sp³-hybridized carbons (Fsp3) is 0.364. The molecule has 5 heteroatoms. The number of thioether (sulfide) groups is 1. The maximum absolute atomic E-state index is 7.65. The molecule has 0 heterocycles. The third kappa shape index (κ3) is 3.52. The minimum Gasteiger partial charge on any atom is -0.335 e. The second kappa shape index (κ2) is 6.52. The lowest BCUT2D eigenvalue weighted by Gasteiger charge is -2.10. The number of nitrogens with one attached hydrogen (secondary N) is 2. The summed E-state index contributed by atoms with van der Waals surface area (Å²) in [5.41, 5.74) is 14.2. The average molecular weight is 238 g/mol. The van der Waals surface area contributed by atoms with Gasteiger partial charge >= 0.3 is 0 Å². The van der Waals surface area contributed by atoms with Gasteiger partial charge in [-0.1, -0.05) is 24.8 Å². The Bertz CT molecular complexity index is 365. The predicted molar refractivity (Wildman–Crippen MR) is 71.7 cm³/mol. The van der Waals surface area contributed by atoms with E-state index >= 15 is 0 Å². The monoisotopic (exact) mass is 238 g/mol. The van der Waals surface area contributed by atoms with Crippen molar-refractivity contribution < 1.29 is 0 Å². The molecule has 16 heavy (non-hydrogen) atoms. The van der Waals surface area contributed by atoms with Gasteiger partial charge in [0.05, 0.1) is 0 Å². The minimum atomic E-state index is 0.450. The highest BCUT2D eigenvalue weighted by Crippen LogP contribution is 2.16. The van der Waals surface area contributed by atoms with Crippen LogP contribution in [0.3, 0.4) is 0 Å². The number of anilines is 1. The van der Waals surface area contributed by atoms with E-state index in [0.717, 1.165) is 22.6 Å². The van der Waals surface area contributed by atoms with Crippen LogP contribution in [-0.2, 0) is 13.1 Å². The maximum atomic E-state index is 7.65. The topological polar surface area (TPSA) is 87.9 Å². The first-order valence-electron chi connectivity index (χ1n) is 5.21. The summed E-state index contributed by atoms with van der Waals surface area (Å²) in [5.74, 6) is 0.885. The fourth-order valence-electron chi connectivity index (χ4n) is 1.40. The van der Waals surface area contributed by atoms with Crippen molar-refractivity contribution in [3.05, 3.63) is 29.3 Å². The van der Waals surface area contributed by atoms with Crippen LogP contribution in [0.25, 0.3) is 0 Å². The Morgan fingerprint density at radius 1 is 1.31 bits per heavy atom. The molecule has 0 spiro atoms. The molecule has 0 unspecified atom stereocenters. The number of hydrogen-bond donors (Lipinski definition) is 4. The lowest BCUT2D eigenvalue weighted by atomic mass is 10.1. The molecule has 0 amide bonds. The van der Waals surface area contributed by atoms with Crippen LogP contribution in [0.5, 0.6) is 0 Å². The Balaban J connectivity index is 2.78. The van der Waals surface area contributed by atoms with E-state index in [9.17, 15) is 0 Å². The molecule has 0 saturated heterocycles. The quantitative estimate of drug-likeness (QED) is 0.475. The fourth-order valence-corrected chi connectivity index (χ4v) is 1.88. The van der Waals surface area contributed by atoms with Crippen molar-refractivity contribution in [2.24, 2.45) is 11.5 Å². The Morgan fingerprint density at radius 3 is 2.56 bits per heavy atom. The zero-order chi connectivity index (χ0) is 12.0. The molecule has 0 aliphatic carbocycles. The van der Waals surface area contributed by atoms with Crippen molar-refractivity contribution in [3.63, 3.8) is 0 Å². The SMILES string of the molecule is CCSC(=N)Nc1ccc(CN)c(CN)c1. The van der Waals surface area contributed by atoms with E-state index in [1.807, 2.05) is 25.1 Å². The van der Waals surface area contributed by atoms with Crippen molar-refractivity contribution in [2.45, 2.75) is 20.0 Å². The second-order valence-electron chi connectivity index (χ2n) is 3.28. The number of nitrogens with two attached hydrogens (primary N) is 2. The van der Waals surface area contributed by atoms with Gasteiger partial charge in [0.2, 0.25) is 0 Å². The van der Waals surface area contributed by atoms with Gasteiger partial charge in [0.1, 0.15) is 0 Å². The van der Waals surface area contributed by atoms with Crippen LogP contribution in [-0.4, -0.2) is 10.9 Å². The Kier molecular flexibility index (Phi) is 5.31. The molecule has 0 bridgehead atoms. The normalized spacial score (nSPS) is 10.2. The zero-order valence-electron chi connectivity index (χ0n) is 9.42. The molecule has 0 aliphatic heterocycles. The van der Waals surface area contributed by atoms with Crippen LogP contribution < -0.4 is 16.8 Å². The van der Waals surface area contributed by atoms with E-state index in [0.29, 0.717) is 18.3 Å². The summed E-state index contributed by atoms with van der Waals surface area (Å²) < 4.78 is 0. The number of amidine groups is 1. The first-order chi connectivity index (χ1) is 7.71.